The summed E-state index contributed by atoms with van der Waals surface area (Å²) in [6, 6.07) is 8.99. The molecule has 0 spiro atoms. The van der Waals surface area contributed by atoms with Crippen LogP contribution >= 0.6 is 0 Å². The SMILES string of the molecule is CCNC(=NCc1cccc(CN2CCC(C)CC2)c1)N1CCC(c2cnn(C)c2)C1. The molecule has 1 unspecified atom stereocenters. The molecule has 0 saturated carbocycles. The highest BCUT2D eigenvalue weighted by molar-refractivity contribution is 5.80. The Morgan fingerprint density at radius 3 is 2.71 bits per heavy atom. The van der Waals surface area contributed by atoms with Crippen molar-refractivity contribution in [3.05, 3.63) is 53.3 Å². The molecule has 6 heteroatoms. The van der Waals surface area contributed by atoms with Crippen molar-refractivity contribution in [2.45, 2.75) is 52.1 Å². The van der Waals surface area contributed by atoms with Gasteiger partial charge in [0.25, 0.3) is 0 Å². The first-order valence-corrected chi connectivity index (χ1v) is 11.9. The van der Waals surface area contributed by atoms with E-state index in [-0.39, 0.29) is 0 Å². The third kappa shape index (κ3) is 5.88. The third-order valence-electron chi connectivity index (χ3n) is 6.70. The van der Waals surface area contributed by atoms with Gasteiger partial charge in [0, 0.05) is 45.3 Å². The molecule has 1 N–H and O–H groups in total. The molecule has 6 nitrogen and oxygen atoms in total. The lowest BCUT2D eigenvalue weighted by Gasteiger charge is -2.30. The van der Waals surface area contributed by atoms with E-state index in [1.165, 1.54) is 42.6 Å². The molecular weight excluding hydrogens is 384 g/mol. The van der Waals surface area contributed by atoms with E-state index in [0.29, 0.717) is 5.92 Å². The number of aliphatic imine (C=N–C) groups is 1. The number of rotatable bonds is 6. The van der Waals surface area contributed by atoms with E-state index >= 15 is 0 Å². The van der Waals surface area contributed by atoms with Crippen LogP contribution in [0.2, 0.25) is 0 Å². The maximum absolute atomic E-state index is 4.99. The standard InChI is InChI=1S/C25H38N6/c1-4-26-25(31-13-10-23(19-31)24-16-28-29(3)18-24)27-15-21-6-5-7-22(14-21)17-30-11-8-20(2)9-12-30/h5-7,14,16,18,20,23H,4,8-13,15,17,19H2,1-3H3,(H,26,27). The summed E-state index contributed by atoms with van der Waals surface area (Å²) in [5, 5.41) is 7.85. The zero-order chi connectivity index (χ0) is 21.6. The normalized spacial score (nSPS) is 21.1. The lowest BCUT2D eigenvalue weighted by atomic mass is 9.98. The second-order valence-corrected chi connectivity index (χ2v) is 9.33. The highest BCUT2D eigenvalue weighted by atomic mass is 15.3. The molecule has 2 fully saturated rings. The molecule has 0 amide bonds. The van der Waals surface area contributed by atoms with E-state index in [2.05, 4.69) is 64.5 Å². The monoisotopic (exact) mass is 422 g/mol. The Bertz CT molecular complexity index is 864. The van der Waals surface area contributed by atoms with E-state index < -0.39 is 0 Å². The summed E-state index contributed by atoms with van der Waals surface area (Å²) in [5.74, 6) is 2.45. The predicted octanol–water partition coefficient (Wildman–Crippen LogP) is 3.61. The zero-order valence-electron chi connectivity index (χ0n) is 19.4. The number of benzene rings is 1. The van der Waals surface area contributed by atoms with E-state index in [1.807, 2.05) is 17.9 Å². The van der Waals surface area contributed by atoms with Crippen molar-refractivity contribution < 1.29 is 0 Å². The Balaban J connectivity index is 1.37. The van der Waals surface area contributed by atoms with Gasteiger partial charge in [-0.1, -0.05) is 31.2 Å². The highest BCUT2D eigenvalue weighted by Gasteiger charge is 2.26. The van der Waals surface area contributed by atoms with Crippen LogP contribution in [0.25, 0.3) is 0 Å². The van der Waals surface area contributed by atoms with Gasteiger partial charge in [-0.05, 0) is 61.9 Å². The molecule has 31 heavy (non-hydrogen) atoms. The Morgan fingerprint density at radius 1 is 1.16 bits per heavy atom. The van der Waals surface area contributed by atoms with E-state index in [0.717, 1.165) is 51.0 Å². The van der Waals surface area contributed by atoms with Crippen LogP contribution in [0.5, 0.6) is 0 Å². The van der Waals surface area contributed by atoms with Crippen molar-refractivity contribution >= 4 is 5.96 Å². The van der Waals surface area contributed by atoms with Crippen LogP contribution in [-0.4, -0.2) is 58.3 Å². The maximum atomic E-state index is 4.99. The molecule has 4 rings (SSSR count). The number of hydrogen-bond donors (Lipinski definition) is 1. The van der Waals surface area contributed by atoms with Crippen molar-refractivity contribution in [2.75, 3.05) is 32.7 Å². The number of piperidine rings is 1. The van der Waals surface area contributed by atoms with Gasteiger partial charge < -0.3 is 10.2 Å². The molecule has 1 atom stereocenters. The van der Waals surface area contributed by atoms with Gasteiger partial charge in [0.15, 0.2) is 5.96 Å². The topological polar surface area (TPSA) is 48.7 Å². The number of guanidine groups is 1. The van der Waals surface area contributed by atoms with Gasteiger partial charge in [-0.25, -0.2) is 4.99 Å². The van der Waals surface area contributed by atoms with Gasteiger partial charge in [0.1, 0.15) is 0 Å². The fourth-order valence-corrected chi connectivity index (χ4v) is 4.77. The van der Waals surface area contributed by atoms with Crippen LogP contribution in [-0.2, 0) is 20.1 Å². The molecular formula is C25H38N6. The number of aromatic nitrogens is 2. The summed E-state index contributed by atoms with van der Waals surface area (Å²) in [7, 11) is 1.99. The van der Waals surface area contributed by atoms with Crippen molar-refractivity contribution in [3.8, 4) is 0 Å². The summed E-state index contributed by atoms with van der Waals surface area (Å²) in [4.78, 5) is 9.99. The molecule has 2 saturated heterocycles. The summed E-state index contributed by atoms with van der Waals surface area (Å²) >= 11 is 0. The molecule has 0 aliphatic carbocycles. The van der Waals surface area contributed by atoms with E-state index in [4.69, 9.17) is 4.99 Å². The summed E-state index contributed by atoms with van der Waals surface area (Å²) < 4.78 is 1.90. The van der Waals surface area contributed by atoms with Crippen LogP contribution < -0.4 is 5.32 Å². The lowest BCUT2D eigenvalue weighted by molar-refractivity contribution is 0.185. The Hall–Kier alpha value is -2.34. The smallest absolute Gasteiger partial charge is 0.194 e. The Labute approximate surface area is 187 Å². The average molecular weight is 423 g/mol. The molecule has 168 valence electrons. The van der Waals surface area contributed by atoms with Crippen LogP contribution in [0.3, 0.4) is 0 Å². The fraction of sp³-hybridized carbons (Fsp3) is 0.600. The summed E-state index contributed by atoms with van der Waals surface area (Å²) in [5.41, 5.74) is 4.03. The molecule has 3 heterocycles. The number of nitrogens with zero attached hydrogens (tertiary/aromatic N) is 5. The van der Waals surface area contributed by atoms with Gasteiger partial charge in [-0.15, -0.1) is 0 Å². The van der Waals surface area contributed by atoms with Crippen molar-refractivity contribution in [3.63, 3.8) is 0 Å². The van der Waals surface area contributed by atoms with Crippen LogP contribution in [0.1, 0.15) is 55.7 Å². The fourth-order valence-electron chi connectivity index (χ4n) is 4.77. The summed E-state index contributed by atoms with van der Waals surface area (Å²) in [6.07, 6.45) is 7.96. The van der Waals surface area contributed by atoms with E-state index in [9.17, 15) is 0 Å². The van der Waals surface area contributed by atoms with Crippen LogP contribution in [0.4, 0.5) is 0 Å². The van der Waals surface area contributed by atoms with Crippen molar-refractivity contribution in [2.24, 2.45) is 18.0 Å². The predicted molar refractivity (Wildman–Crippen MR) is 127 cm³/mol. The van der Waals surface area contributed by atoms with Crippen LogP contribution in [0, 0.1) is 5.92 Å². The van der Waals surface area contributed by atoms with Crippen molar-refractivity contribution in [1.29, 1.82) is 0 Å². The quantitative estimate of drug-likeness (QED) is 0.571. The molecule has 2 aromatic rings. The molecule has 1 aromatic carbocycles. The first kappa shape index (κ1) is 21.9. The molecule has 2 aliphatic rings. The minimum absolute atomic E-state index is 0.535. The van der Waals surface area contributed by atoms with Gasteiger partial charge in [0.05, 0.1) is 12.7 Å². The minimum atomic E-state index is 0.535. The summed E-state index contributed by atoms with van der Waals surface area (Å²) in [6.45, 7) is 11.7. The average Bonchev–Trinajstić information content (AvgIpc) is 3.42. The first-order chi connectivity index (χ1) is 15.1. The Kier molecular flexibility index (Phi) is 7.28. The third-order valence-corrected chi connectivity index (χ3v) is 6.70. The van der Waals surface area contributed by atoms with Crippen molar-refractivity contribution in [1.82, 2.24) is 24.9 Å². The van der Waals surface area contributed by atoms with Gasteiger partial charge in [-0.3, -0.25) is 9.58 Å². The number of likely N-dealkylation sites (tertiary alicyclic amines) is 2. The van der Waals surface area contributed by atoms with Crippen LogP contribution in [0.15, 0.2) is 41.7 Å². The number of aryl methyl sites for hydroxylation is 1. The second-order valence-electron chi connectivity index (χ2n) is 9.33. The highest BCUT2D eigenvalue weighted by Crippen LogP contribution is 2.27. The minimum Gasteiger partial charge on any atom is -0.357 e. The van der Waals surface area contributed by atoms with E-state index in [1.54, 1.807) is 0 Å². The second kappa shape index (κ2) is 10.3. The Morgan fingerprint density at radius 2 is 1.97 bits per heavy atom. The van der Waals surface area contributed by atoms with Gasteiger partial charge in [0.2, 0.25) is 0 Å². The molecule has 0 bridgehead atoms. The molecule has 0 radical (unpaired) electrons. The molecule has 1 aromatic heterocycles. The number of hydrogen-bond acceptors (Lipinski definition) is 3. The van der Waals surface area contributed by atoms with Gasteiger partial charge in [-0.2, -0.15) is 5.10 Å². The largest absolute Gasteiger partial charge is 0.357 e. The van der Waals surface area contributed by atoms with Gasteiger partial charge >= 0.3 is 0 Å². The number of nitrogens with one attached hydrogen (secondary N) is 1. The zero-order valence-corrected chi connectivity index (χ0v) is 19.4. The maximum Gasteiger partial charge on any atom is 0.194 e. The molecule has 2 aliphatic heterocycles. The lowest BCUT2D eigenvalue weighted by Crippen LogP contribution is -2.40. The first-order valence-electron chi connectivity index (χ1n) is 11.9.